The molecule has 0 aliphatic heterocycles. The Hall–Kier alpha value is -3.45. The summed E-state index contributed by atoms with van der Waals surface area (Å²) in [6.07, 6.45) is 2.18. The van der Waals surface area contributed by atoms with Gasteiger partial charge in [-0.25, -0.2) is 4.98 Å². The smallest absolute Gasteiger partial charge is 0.266 e. The number of fused-ring (bicyclic) bond motifs is 1. The molecule has 0 aliphatic rings. The van der Waals surface area contributed by atoms with E-state index >= 15 is 0 Å². The van der Waals surface area contributed by atoms with Gasteiger partial charge in [0.15, 0.2) is 0 Å². The maximum Gasteiger partial charge on any atom is 0.266 e. The Kier molecular flexibility index (Phi) is 7.98. The standard InChI is InChI=1S/C28H31N3O3S/c1-4-6-17-30(26(32)19-23-10-9-18-35-23)20(3)27-29-25-12-8-7-11-24(25)28(33)31(27)21-13-15-22(16-14-21)34-5-2/h7-16,18,20H,4-6,17,19H2,1-3H3. The molecule has 0 aliphatic carbocycles. The molecule has 1 unspecified atom stereocenters. The lowest BCUT2D eigenvalue weighted by Gasteiger charge is -2.30. The highest BCUT2D eigenvalue weighted by molar-refractivity contribution is 7.10. The highest BCUT2D eigenvalue weighted by atomic mass is 32.1. The summed E-state index contributed by atoms with van der Waals surface area (Å²) >= 11 is 1.58. The van der Waals surface area contributed by atoms with E-state index in [1.807, 2.05) is 78.7 Å². The van der Waals surface area contributed by atoms with Crippen molar-refractivity contribution in [2.24, 2.45) is 0 Å². The quantitative estimate of drug-likeness (QED) is 0.283. The van der Waals surface area contributed by atoms with E-state index in [9.17, 15) is 9.59 Å². The monoisotopic (exact) mass is 489 g/mol. The van der Waals surface area contributed by atoms with E-state index in [1.54, 1.807) is 22.0 Å². The number of nitrogens with zero attached hydrogens (tertiary/aromatic N) is 3. The van der Waals surface area contributed by atoms with Crippen LogP contribution in [0.5, 0.6) is 5.75 Å². The van der Waals surface area contributed by atoms with E-state index in [1.165, 1.54) is 0 Å². The first kappa shape index (κ1) is 24.7. The van der Waals surface area contributed by atoms with Gasteiger partial charge in [0.1, 0.15) is 11.6 Å². The lowest BCUT2D eigenvalue weighted by molar-refractivity contribution is -0.132. The second kappa shape index (κ2) is 11.3. The van der Waals surface area contributed by atoms with E-state index < -0.39 is 6.04 Å². The van der Waals surface area contributed by atoms with Crippen LogP contribution in [0.4, 0.5) is 0 Å². The van der Waals surface area contributed by atoms with E-state index in [4.69, 9.17) is 9.72 Å². The average molecular weight is 490 g/mol. The topological polar surface area (TPSA) is 64.4 Å². The van der Waals surface area contributed by atoms with Gasteiger partial charge >= 0.3 is 0 Å². The molecule has 0 spiro atoms. The zero-order valence-electron chi connectivity index (χ0n) is 20.4. The molecular weight excluding hydrogens is 458 g/mol. The summed E-state index contributed by atoms with van der Waals surface area (Å²) in [5, 5.41) is 2.53. The minimum absolute atomic E-state index is 0.0362. The van der Waals surface area contributed by atoms with Gasteiger partial charge in [0, 0.05) is 11.4 Å². The molecule has 2 aromatic heterocycles. The number of carbonyl (C=O) groups is 1. The van der Waals surface area contributed by atoms with E-state index in [0.717, 1.165) is 23.5 Å². The fraction of sp³-hybridized carbons (Fsp3) is 0.321. The van der Waals surface area contributed by atoms with Gasteiger partial charge in [0.25, 0.3) is 5.56 Å². The predicted molar refractivity (Wildman–Crippen MR) is 142 cm³/mol. The number of benzene rings is 2. The molecule has 35 heavy (non-hydrogen) atoms. The summed E-state index contributed by atoms with van der Waals surface area (Å²) in [5.41, 5.74) is 1.17. The first-order chi connectivity index (χ1) is 17.0. The summed E-state index contributed by atoms with van der Waals surface area (Å²) in [6, 6.07) is 18.3. The third-order valence-corrected chi connectivity index (χ3v) is 6.90. The first-order valence-electron chi connectivity index (χ1n) is 12.1. The van der Waals surface area contributed by atoms with Crippen LogP contribution in [0.3, 0.4) is 0 Å². The number of rotatable bonds is 10. The molecule has 0 fully saturated rings. The number of aromatic nitrogens is 2. The summed E-state index contributed by atoms with van der Waals surface area (Å²) in [5.74, 6) is 1.32. The zero-order chi connectivity index (χ0) is 24.8. The molecule has 6 nitrogen and oxygen atoms in total. The number of amides is 1. The number of hydrogen-bond acceptors (Lipinski definition) is 5. The molecule has 182 valence electrons. The van der Waals surface area contributed by atoms with Gasteiger partial charge in [-0.05, 0) is 68.1 Å². The van der Waals surface area contributed by atoms with Crippen molar-refractivity contribution in [3.8, 4) is 11.4 Å². The van der Waals surface area contributed by atoms with Crippen molar-refractivity contribution < 1.29 is 9.53 Å². The number of unbranched alkanes of at least 4 members (excludes halogenated alkanes) is 1. The third kappa shape index (κ3) is 5.46. The maximum atomic E-state index is 13.7. The lowest BCUT2D eigenvalue weighted by Crippen LogP contribution is -2.38. The second-order valence-electron chi connectivity index (χ2n) is 8.43. The SMILES string of the molecule is CCCCN(C(=O)Cc1cccs1)C(C)c1nc2ccccc2c(=O)n1-c1ccc(OCC)cc1. The van der Waals surface area contributed by atoms with Crippen LogP contribution in [-0.2, 0) is 11.2 Å². The highest BCUT2D eigenvalue weighted by Gasteiger charge is 2.27. The van der Waals surface area contributed by atoms with Crippen molar-refractivity contribution in [2.75, 3.05) is 13.2 Å². The molecule has 0 N–H and O–H groups in total. The Balaban J connectivity index is 1.82. The third-order valence-electron chi connectivity index (χ3n) is 6.03. The minimum atomic E-state index is -0.391. The molecule has 2 heterocycles. The largest absolute Gasteiger partial charge is 0.494 e. The Morgan fingerprint density at radius 1 is 1.09 bits per heavy atom. The van der Waals surface area contributed by atoms with Crippen LogP contribution >= 0.6 is 11.3 Å². The molecule has 4 rings (SSSR count). The minimum Gasteiger partial charge on any atom is -0.494 e. The van der Waals surface area contributed by atoms with Crippen LogP contribution in [0, 0.1) is 0 Å². The summed E-state index contributed by atoms with van der Waals surface area (Å²) < 4.78 is 7.22. The first-order valence-corrected chi connectivity index (χ1v) is 13.0. The summed E-state index contributed by atoms with van der Waals surface area (Å²) in [7, 11) is 0. The molecule has 0 radical (unpaired) electrons. The molecule has 7 heteroatoms. The van der Waals surface area contributed by atoms with Gasteiger partial charge in [-0.1, -0.05) is 31.5 Å². The Bertz CT molecular complexity index is 1330. The van der Waals surface area contributed by atoms with Crippen LogP contribution in [0.2, 0.25) is 0 Å². The van der Waals surface area contributed by atoms with E-state index in [2.05, 4.69) is 6.92 Å². The Morgan fingerprint density at radius 3 is 2.54 bits per heavy atom. The molecule has 1 atom stereocenters. The molecule has 0 saturated carbocycles. The maximum absolute atomic E-state index is 13.7. The van der Waals surface area contributed by atoms with Crippen LogP contribution in [0.25, 0.3) is 16.6 Å². The molecule has 1 amide bonds. The number of ether oxygens (including phenoxy) is 1. The normalized spacial score (nSPS) is 12.0. The fourth-order valence-corrected chi connectivity index (χ4v) is 4.90. The second-order valence-corrected chi connectivity index (χ2v) is 9.46. The lowest BCUT2D eigenvalue weighted by atomic mass is 10.1. The van der Waals surface area contributed by atoms with Crippen molar-refractivity contribution in [3.63, 3.8) is 0 Å². The molecule has 4 aromatic rings. The van der Waals surface area contributed by atoms with Crippen molar-refractivity contribution in [3.05, 3.63) is 87.1 Å². The van der Waals surface area contributed by atoms with Gasteiger partial charge in [-0.3, -0.25) is 14.2 Å². The molecular formula is C28H31N3O3S. The Labute approximate surface area is 209 Å². The van der Waals surface area contributed by atoms with Crippen LogP contribution in [0.15, 0.2) is 70.8 Å². The van der Waals surface area contributed by atoms with Crippen molar-refractivity contribution in [2.45, 2.75) is 46.1 Å². The zero-order valence-corrected chi connectivity index (χ0v) is 21.3. The van der Waals surface area contributed by atoms with Crippen LogP contribution in [-0.4, -0.2) is 33.5 Å². The van der Waals surface area contributed by atoms with Crippen molar-refractivity contribution in [1.29, 1.82) is 0 Å². The van der Waals surface area contributed by atoms with Gasteiger partial charge in [0.05, 0.1) is 35.7 Å². The van der Waals surface area contributed by atoms with Crippen LogP contribution in [0.1, 0.15) is 50.4 Å². The van der Waals surface area contributed by atoms with Gasteiger partial charge in [0.2, 0.25) is 5.91 Å². The van der Waals surface area contributed by atoms with E-state index in [0.29, 0.717) is 42.0 Å². The fourth-order valence-electron chi connectivity index (χ4n) is 4.20. The highest BCUT2D eigenvalue weighted by Crippen LogP contribution is 2.25. The number of para-hydroxylation sites is 1. The number of carbonyl (C=O) groups excluding carboxylic acids is 1. The van der Waals surface area contributed by atoms with Crippen molar-refractivity contribution in [1.82, 2.24) is 14.5 Å². The predicted octanol–water partition coefficient (Wildman–Crippen LogP) is 5.78. The van der Waals surface area contributed by atoms with E-state index in [-0.39, 0.29) is 11.5 Å². The molecule has 0 saturated heterocycles. The van der Waals surface area contributed by atoms with Gasteiger partial charge in [-0.15, -0.1) is 11.3 Å². The molecule has 0 bridgehead atoms. The average Bonchev–Trinajstić information content (AvgIpc) is 3.38. The van der Waals surface area contributed by atoms with Gasteiger partial charge in [-0.2, -0.15) is 0 Å². The number of thiophene rings is 1. The number of hydrogen-bond donors (Lipinski definition) is 0. The molecule has 2 aromatic carbocycles. The van der Waals surface area contributed by atoms with Crippen LogP contribution < -0.4 is 10.3 Å². The summed E-state index contributed by atoms with van der Waals surface area (Å²) in [4.78, 5) is 35.0. The Morgan fingerprint density at radius 2 is 1.86 bits per heavy atom. The van der Waals surface area contributed by atoms with Crippen molar-refractivity contribution >= 4 is 28.1 Å². The van der Waals surface area contributed by atoms with Gasteiger partial charge < -0.3 is 9.64 Å². The summed E-state index contributed by atoms with van der Waals surface area (Å²) in [6.45, 7) is 7.18.